The highest BCUT2D eigenvalue weighted by Gasteiger charge is 2.21. The molecule has 24 heavy (non-hydrogen) atoms. The van der Waals surface area contributed by atoms with E-state index < -0.39 is 6.04 Å². The highest BCUT2D eigenvalue weighted by molar-refractivity contribution is 9.10. The van der Waals surface area contributed by atoms with Gasteiger partial charge in [-0.3, -0.25) is 9.59 Å². The molecule has 1 atom stereocenters. The van der Waals surface area contributed by atoms with Crippen LogP contribution in [0.1, 0.15) is 25.3 Å². The molecule has 0 spiro atoms. The molecule has 0 fully saturated rings. The Morgan fingerprint density at radius 1 is 1.17 bits per heavy atom. The SMILES string of the molecule is CCC[C@H](NC(=O)Cc1ccccc1)C(=O)Nc1ncccc1Br. The molecule has 1 aromatic heterocycles. The first-order valence-electron chi connectivity index (χ1n) is 7.84. The lowest BCUT2D eigenvalue weighted by Crippen LogP contribution is -2.44. The summed E-state index contributed by atoms with van der Waals surface area (Å²) in [7, 11) is 0. The summed E-state index contributed by atoms with van der Waals surface area (Å²) in [5.41, 5.74) is 0.915. The lowest BCUT2D eigenvalue weighted by atomic mass is 10.1. The molecule has 1 aromatic carbocycles. The van der Waals surface area contributed by atoms with Crippen LogP contribution >= 0.6 is 15.9 Å². The standard InChI is InChI=1S/C18H20BrN3O2/c1-2-7-15(18(24)22-17-14(19)10-6-11-20-17)21-16(23)12-13-8-4-3-5-9-13/h3-6,8-11,15H,2,7,12H2,1H3,(H,21,23)(H,20,22,24)/t15-/m0/s1. The number of hydrogen-bond donors (Lipinski definition) is 2. The number of anilines is 1. The highest BCUT2D eigenvalue weighted by atomic mass is 79.9. The van der Waals surface area contributed by atoms with Gasteiger partial charge in [0.2, 0.25) is 11.8 Å². The van der Waals surface area contributed by atoms with Crippen molar-refractivity contribution in [2.75, 3.05) is 5.32 Å². The van der Waals surface area contributed by atoms with Gasteiger partial charge < -0.3 is 10.6 Å². The minimum atomic E-state index is -0.583. The van der Waals surface area contributed by atoms with E-state index in [2.05, 4.69) is 31.5 Å². The number of carbonyl (C=O) groups is 2. The van der Waals surface area contributed by atoms with Crippen LogP contribution in [0.2, 0.25) is 0 Å². The maximum atomic E-state index is 12.5. The van der Waals surface area contributed by atoms with E-state index >= 15 is 0 Å². The van der Waals surface area contributed by atoms with E-state index in [-0.39, 0.29) is 18.2 Å². The normalized spacial score (nSPS) is 11.6. The molecule has 0 saturated carbocycles. The van der Waals surface area contributed by atoms with E-state index in [1.54, 1.807) is 18.3 Å². The molecule has 2 rings (SSSR count). The Hall–Kier alpha value is -2.21. The van der Waals surface area contributed by atoms with Crippen LogP contribution in [-0.2, 0) is 16.0 Å². The Balaban J connectivity index is 1.99. The molecule has 2 aromatic rings. The van der Waals surface area contributed by atoms with Crippen LogP contribution < -0.4 is 10.6 Å². The topological polar surface area (TPSA) is 71.1 Å². The van der Waals surface area contributed by atoms with Gasteiger partial charge in [-0.2, -0.15) is 0 Å². The van der Waals surface area contributed by atoms with E-state index in [9.17, 15) is 9.59 Å². The summed E-state index contributed by atoms with van der Waals surface area (Å²) in [4.78, 5) is 28.8. The van der Waals surface area contributed by atoms with E-state index in [1.165, 1.54) is 0 Å². The zero-order valence-electron chi connectivity index (χ0n) is 13.5. The summed E-state index contributed by atoms with van der Waals surface area (Å²) in [6.07, 6.45) is 3.20. The summed E-state index contributed by atoms with van der Waals surface area (Å²) >= 11 is 3.34. The molecule has 0 aliphatic rings. The Bertz CT molecular complexity index is 692. The smallest absolute Gasteiger partial charge is 0.248 e. The average Bonchev–Trinajstić information content (AvgIpc) is 2.57. The predicted octanol–water partition coefficient (Wildman–Crippen LogP) is 3.31. The van der Waals surface area contributed by atoms with Crippen LogP contribution in [0.15, 0.2) is 53.1 Å². The summed E-state index contributed by atoms with van der Waals surface area (Å²) in [6, 6.07) is 12.4. The fraction of sp³-hybridized carbons (Fsp3) is 0.278. The first kappa shape index (κ1) is 18.1. The van der Waals surface area contributed by atoms with Crippen LogP contribution in [-0.4, -0.2) is 22.8 Å². The third kappa shape index (κ3) is 5.45. The number of aromatic nitrogens is 1. The first-order chi connectivity index (χ1) is 11.6. The molecular weight excluding hydrogens is 370 g/mol. The van der Waals surface area contributed by atoms with Crippen molar-refractivity contribution >= 4 is 33.6 Å². The number of nitrogens with one attached hydrogen (secondary N) is 2. The van der Waals surface area contributed by atoms with Crippen molar-refractivity contribution in [2.24, 2.45) is 0 Å². The number of carbonyl (C=O) groups excluding carboxylic acids is 2. The second-order valence-electron chi connectivity index (χ2n) is 5.39. The minimum Gasteiger partial charge on any atom is -0.344 e. The third-order valence-corrected chi connectivity index (χ3v) is 4.08. The highest BCUT2D eigenvalue weighted by Crippen LogP contribution is 2.18. The molecular formula is C18H20BrN3O2. The molecule has 2 N–H and O–H groups in total. The van der Waals surface area contributed by atoms with Gasteiger partial charge in [-0.1, -0.05) is 43.7 Å². The summed E-state index contributed by atoms with van der Waals surface area (Å²) in [5.74, 6) is 0.00783. The van der Waals surface area contributed by atoms with Gasteiger partial charge in [0.25, 0.3) is 0 Å². The molecule has 2 amide bonds. The Kier molecular flexibility index (Phi) is 6.93. The molecule has 0 unspecified atom stereocenters. The number of hydrogen-bond acceptors (Lipinski definition) is 3. The van der Waals surface area contributed by atoms with Crippen molar-refractivity contribution in [1.29, 1.82) is 0 Å². The zero-order valence-corrected chi connectivity index (χ0v) is 15.0. The van der Waals surface area contributed by atoms with Gasteiger partial charge in [0, 0.05) is 6.20 Å². The molecule has 5 nitrogen and oxygen atoms in total. The number of benzene rings is 1. The van der Waals surface area contributed by atoms with E-state index in [4.69, 9.17) is 0 Å². The molecule has 0 aliphatic heterocycles. The van der Waals surface area contributed by atoms with Crippen LogP contribution in [0.4, 0.5) is 5.82 Å². The lowest BCUT2D eigenvalue weighted by molar-refractivity contribution is -0.126. The zero-order chi connectivity index (χ0) is 17.4. The molecule has 6 heteroatoms. The van der Waals surface area contributed by atoms with Crippen molar-refractivity contribution in [1.82, 2.24) is 10.3 Å². The fourth-order valence-corrected chi connectivity index (χ4v) is 2.62. The molecule has 0 saturated heterocycles. The van der Waals surface area contributed by atoms with Gasteiger partial charge in [-0.05, 0) is 40.0 Å². The van der Waals surface area contributed by atoms with Crippen LogP contribution in [0.3, 0.4) is 0 Å². The molecule has 0 bridgehead atoms. The number of pyridine rings is 1. The Morgan fingerprint density at radius 3 is 2.58 bits per heavy atom. The van der Waals surface area contributed by atoms with Gasteiger partial charge in [0.1, 0.15) is 11.9 Å². The van der Waals surface area contributed by atoms with Gasteiger partial charge in [-0.25, -0.2) is 4.98 Å². The van der Waals surface area contributed by atoms with Gasteiger partial charge >= 0.3 is 0 Å². The maximum absolute atomic E-state index is 12.5. The minimum absolute atomic E-state index is 0.171. The molecule has 0 radical (unpaired) electrons. The lowest BCUT2D eigenvalue weighted by Gasteiger charge is -2.18. The Labute approximate surface area is 150 Å². The quantitative estimate of drug-likeness (QED) is 0.762. The second kappa shape index (κ2) is 9.17. The fourth-order valence-electron chi connectivity index (χ4n) is 2.27. The predicted molar refractivity (Wildman–Crippen MR) is 97.6 cm³/mol. The number of amides is 2. The van der Waals surface area contributed by atoms with Crippen molar-refractivity contribution < 1.29 is 9.59 Å². The van der Waals surface area contributed by atoms with Gasteiger partial charge in [-0.15, -0.1) is 0 Å². The van der Waals surface area contributed by atoms with Crippen LogP contribution in [0, 0.1) is 0 Å². The van der Waals surface area contributed by atoms with Crippen molar-refractivity contribution in [3.63, 3.8) is 0 Å². The molecule has 0 aliphatic carbocycles. The molecule has 1 heterocycles. The van der Waals surface area contributed by atoms with Gasteiger partial charge in [0.15, 0.2) is 0 Å². The maximum Gasteiger partial charge on any atom is 0.248 e. The average molecular weight is 390 g/mol. The first-order valence-corrected chi connectivity index (χ1v) is 8.64. The monoisotopic (exact) mass is 389 g/mol. The van der Waals surface area contributed by atoms with Gasteiger partial charge in [0.05, 0.1) is 10.9 Å². The van der Waals surface area contributed by atoms with Crippen molar-refractivity contribution in [3.8, 4) is 0 Å². The summed E-state index contributed by atoms with van der Waals surface area (Å²) in [5, 5.41) is 5.56. The number of rotatable bonds is 7. The van der Waals surface area contributed by atoms with E-state index in [1.807, 2.05) is 37.3 Å². The van der Waals surface area contributed by atoms with Crippen LogP contribution in [0.5, 0.6) is 0 Å². The van der Waals surface area contributed by atoms with Crippen molar-refractivity contribution in [3.05, 3.63) is 58.7 Å². The largest absolute Gasteiger partial charge is 0.344 e. The summed E-state index contributed by atoms with van der Waals surface area (Å²) in [6.45, 7) is 1.97. The molecule has 126 valence electrons. The van der Waals surface area contributed by atoms with E-state index in [0.29, 0.717) is 16.7 Å². The Morgan fingerprint density at radius 2 is 1.92 bits per heavy atom. The van der Waals surface area contributed by atoms with E-state index in [0.717, 1.165) is 12.0 Å². The number of nitrogens with zero attached hydrogens (tertiary/aromatic N) is 1. The second-order valence-corrected chi connectivity index (χ2v) is 6.25. The summed E-state index contributed by atoms with van der Waals surface area (Å²) < 4.78 is 0.698. The van der Waals surface area contributed by atoms with Crippen LogP contribution in [0.25, 0.3) is 0 Å². The third-order valence-electron chi connectivity index (χ3n) is 3.44. The van der Waals surface area contributed by atoms with Crippen molar-refractivity contribution in [2.45, 2.75) is 32.2 Å². The number of halogens is 1.